The van der Waals surface area contributed by atoms with Crippen molar-refractivity contribution in [1.29, 1.82) is 0 Å². The first kappa shape index (κ1) is 15.3. The summed E-state index contributed by atoms with van der Waals surface area (Å²) in [4.78, 5) is 15.6. The average molecular weight is 295 g/mol. The number of carbonyl (C=O) groups excluding carboxylic acids is 1. The molecule has 20 heavy (non-hydrogen) atoms. The van der Waals surface area contributed by atoms with E-state index in [2.05, 4.69) is 24.0 Å². The normalized spacial score (nSPS) is 17.2. The van der Waals surface area contributed by atoms with Crippen molar-refractivity contribution in [3.63, 3.8) is 0 Å². The summed E-state index contributed by atoms with van der Waals surface area (Å²) < 4.78 is 0. The maximum Gasteiger partial charge on any atom is 0.236 e. The molecule has 1 amide bonds. The zero-order valence-electron chi connectivity index (χ0n) is 12.5. The third-order valence-electron chi connectivity index (χ3n) is 4.04. The van der Waals surface area contributed by atoms with Crippen molar-refractivity contribution in [2.24, 2.45) is 0 Å². The number of aryl methyl sites for hydroxylation is 1. The molecule has 110 valence electrons. The van der Waals surface area contributed by atoms with Gasteiger partial charge in [-0.05, 0) is 56.0 Å². The van der Waals surface area contributed by atoms with Crippen molar-refractivity contribution in [2.45, 2.75) is 25.7 Å². The lowest BCUT2D eigenvalue weighted by atomic mass is 9.89. The highest BCUT2D eigenvalue weighted by molar-refractivity contribution is 6.31. The van der Waals surface area contributed by atoms with Crippen LogP contribution in [0.3, 0.4) is 0 Å². The summed E-state index contributed by atoms with van der Waals surface area (Å²) in [7, 11) is 3.61. The topological polar surface area (TPSA) is 23.6 Å². The number of hydrogen-bond acceptors (Lipinski definition) is 2. The molecule has 3 nitrogen and oxygen atoms in total. The summed E-state index contributed by atoms with van der Waals surface area (Å²) in [5, 5.41) is 0.882. The van der Waals surface area contributed by atoms with E-state index in [4.69, 9.17) is 11.6 Å². The van der Waals surface area contributed by atoms with E-state index in [1.807, 2.05) is 6.07 Å². The van der Waals surface area contributed by atoms with Gasteiger partial charge in [0.25, 0.3) is 0 Å². The summed E-state index contributed by atoms with van der Waals surface area (Å²) in [6.45, 7) is 4.52. The SMILES string of the molecule is Cc1ccc(C2CCN(CC(=O)N(C)C)CC2)c(Cl)c1. The predicted molar refractivity (Wildman–Crippen MR) is 83.3 cm³/mol. The number of likely N-dealkylation sites (N-methyl/N-ethyl adjacent to an activating group) is 1. The van der Waals surface area contributed by atoms with Gasteiger partial charge in [0.2, 0.25) is 5.91 Å². The average Bonchev–Trinajstić information content (AvgIpc) is 2.40. The number of amides is 1. The molecule has 1 aliphatic heterocycles. The number of benzene rings is 1. The fraction of sp³-hybridized carbons (Fsp3) is 0.562. The molecule has 1 heterocycles. The highest BCUT2D eigenvalue weighted by atomic mass is 35.5. The summed E-state index contributed by atoms with van der Waals surface area (Å²) in [6, 6.07) is 6.32. The van der Waals surface area contributed by atoms with Gasteiger partial charge in [-0.3, -0.25) is 9.69 Å². The van der Waals surface area contributed by atoms with Gasteiger partial charge in [-0.2, -0.15) is 0 Å². The van der Waals surface area contributed by atoms with Crippen molar-refractivity contribution in [1.82, 2.24) is 9.80 Å². The predicted octanol–water partition coefficient (Wildman–Crippen LogP) is 2.92. The number of nitrogens with zero attached hydrogens (tertiary/aromatic N) is 2. The highest BCUT2D eigenvalue weighted by Gasteiger charge is 2.23. The minimum Gasteiger partial charge on any atom is -0.348 e. The van der Waals surface area contributed by atoms with Crippen molar-refractivity contribution in [2.75, 3.05) is 33.7 Å². The zero-order valence-corrected chi connectivity index (χ0v) is 13.3. The van der Waals surface area contributed by atoms with Crippen molar-refractivity contribution in [3.8, 4) is 0 Å². The lowest BCUT2D eigenvalue weighted by Gasteiger charge is -2.32. The number of carbonyl (C=O) groups is 1. The van der Waals surface area contributed by atoms with Crippen molar-refractivity contribution >= 4 is 17.5 Å². The number of hydrogen-bond donors (Lipinski definition) is 0. The van der Waals surface area contributed by atoms with E-state index in [1.165, 1.54) is 11.1 Å². The Kier molecular flexibility index (Phi) is 5.06. The van der Waals surface area contributed by atoms with E-state index in [-0.39, 0.29) is 5.91 Å². The Morgan fingerprint density at radius 2 is 2.00 bits per heavy atom. The fourth-order valence-electron chi connectivity index (χ4n) is 2.70. The molecule has 1 aromatic carbocycles. The van der Waals surface area contributed by atoms with Gasteiger partial charge in [-0.25, -0.2) is 0 Å². The van der Waals surface area contributed by atoms with Crippen LogP contribution in [-0.4, -0.2) is 49.4 Å². The highest BCUT2D eigenvalue weighted by Crippen LogP contribution is 2.33. The zero-order chi connectivity index (χ0) is 14.7. The second kappa shape index (κ2) is 6.59. The fourth-order valence-corrected chi connectivity index (χ4v) is 3.09. The van der Waals surface area contributed by atoms with E-state index in [0.717, 1.165) is 31.0 Å². The summed E-state index contributed by atoms with van der Waals surface area (Å²) in [5.74, 6) is 0.700. The molecular weight excluding hydrogens is 272 g/mol. The molecule has 4 heteroatoms. The first-order valence-electron chi connectivity index (χ1n) is 7.16. The van der Waals surface area contributed by atoms with Crippen LogP contribution in [0.15, 0.2) is 18.2 Å². The Hall–Kier alpha value is -1.06. The van der Waals surface area contributed by atoms with Gasteiger partial charge >= 0.3 is 0 Å². The molecule has 0 aromatic heterocycles. The molecule has 0 N–H and O–H groups in total. The van der Waals surface area contributed by atoms with Crippen LogP contribution in [0.25, 0.3) is 0 Å². The lowest BCUT2D eigenvalue weighted by Crippen LogP contribution is -2.40. The van der Waals surface area contributed by atoms with Gasteiger partial charge < -0.3 is 4.90 Å². The van der Waals surface area contributed by atoms with Crippen LogP contribution in [-0.2, 0) is 4.79 Å². The largest absolute Gasteiger partial charge is 0.348 e. The van der Waals surface area contributed by atoms with Gasteiger partial charge in [-0.1, -0.05) is 23.7 Å². The lowest BCUT2D eigenvalue weighted by molar-refractivity contribution is -0.130. The molecule has 0 spiro atoms. The Labute approximate surface area is 126 Å². The quantitative estimate of drug-likeness (QED) is 0.856. The van der Waals surface area contributed by atoms with E-state index >= 15 is 0 Å². The molecule has 1 aromatic rings. The first-order chi connectivity index (χ1) is 9.47. The number of halogens is 1. The Morgan fingerprint density at radius 1 is 1.35 bits per heavy atom. The summed E-state index contributed by atoms with van der Waals surface area (Å²) >= 11 is 6.35. The van der Waals surface area contributed by atoms with Crippen LogP contribution < -0.4 is 0 Å². The minimum atomic E-state index is 0.178. The molecule has 1 saturated heterocycles. The monoisotopic (exact) mass is 294 g/mol. The molecule has 1 fully saturated rings. The number of rotatable bonds is 3. The minimum absolute atomic E-state index is 0.178. The maximum atomic E-state index is 11.7. The number of likely N-dealkylation sites (tertiary alicyclic amines) is 1. The van der Waals surface area contributed by atoms with Crippen LogP contribution in [0.1, 0.15) is 29.9 Å². The molecule has 0 saturated carbocycles. The van der Waals surface area contributed by atoms with Crippen LogP contribution >= 0.6 is 11.6 Å². The summed E-state index contributed by atoms with van der Waals surface area (Å²) in [5.41, 5.74) is 2.46. The van der Waals surface area contributed by atoms with E-state index in [9.17, 15) is 4.79 Å². The third kappa shape index (κ3) is 3.74. The Morgan fingerprint density at radius 3 is 2.55 bits per heavy atom. The van der Waals surface area contributed by atoms with Crippen molar-refractivity contribution in [3.05, 3.63) is 34.3 Å². The van der Waals surface area contributed by atoms with E-state index < -0.39 is 0 Å². The maximum absolute atomic E-state index is 11.7. The van der Waals surface area contributed by atoms with Gasteiger partial charge in [-0.15, -0.1) is 0 Å². The molecule has 2 rings (SSSR count). The van der Waals surface area contributed by atoms with E-state index in [0.29, 0.717) is 12.5 Å². The van der Waals surface area contributed by atoms with Gasteiger partial charge in [0, 0.05) is 19.1 Å². The standard InChI is InChI=1S/C16H23ClN2O/c1-12-4-5-14(15(17)10-12)13-6-8-19(9-7-13)11-16(20)18(2)3/h4-5,10,13H,6-9,11H2,1-3H3. The molecule has 0 radical (unpaired) electrons. The first-order valence-corrected chi connectivity index (χ1v) is 7.53. The molecule has 1 aliphatic rings. The van der Waals surface area contributed by atoms with Crippen molar-refractivity contribution < 1.29 is 4.79 Å². The van der Waals surface area contributed by atoms with Gasteiger partial charge in [0.05, 0.1) is 6.54 Å². The molecule has 0 bridgehead atoms. The molecule has 0 unspecified atom stereocenters. The van der Waals surface area contributed by atoms with Crippen LogP contribution in [0.5, 0.6) is 0 Å². The van der Waals surface area contributed by atoms with Crippen LogP contribution in [0, 0.1) is 6.92 Å². The Bertz CT molecular complexity index is 479. The molecular formula is C16H23ClN2O. The Balaban J connectivity index is 1.92. The van der Waals surface area contributed by atoms with E-state index in [1.54, 1.807) is 19.0 Å². The number of piperidine rings is 1. The smallest absolute Gasteiger partial charge is 0.236 e. The second-order valence-electron chi connectivity index (χ2n) is 5.86. The van der Waals surface area contributed by atoms with Gasteiger partial charge in [0.15, 0.2) is 0 Å². The van der Waals surface area contributed by atoms with Crippen LogP contribution in [0.2, 0.25) is 5.02 Å². The third-order valence-corrected chi connectivity index (χ3v) is 4.37. The molecule has 0 aliphatic carbocycles. The van der Waals surface area contributed by atoms with Crippen LogP contribution in [0.4, 0.5) is 0 Å². The molecule has 0 atom stereocenters. The van der Waals surface area contributed by atoms with Gasteiger partial charge in [0.1, 0.15) is 0 Å². The second-order valence-corrected chi connectivity index (χ2v) is 6.27. The summed E-state index contributed by atoms with van der Waals surface area (Å²) in [6.07, 6.45) is 2.15.